The van der Waals surface area contributed by atoms with Crippen LogP contribution in [0.5, 0.6) is 0 Å². The van der Waals surface area contributed by atoms with Crippen molar-refractivity contribution in [3.05, 3.63) is 105 Å². The summed E-state index contributed by atoms with van der Waals surface area (Å²) in [5, 5.41) is 13.3. The molecule has 1 fully saturated rings. The van der Waals surface area contributed by atoms with Crippen LogP contribution in [0, 0.1) is 11.3 Å². The Labute approximate surface area is 231 Å². The molecular formula is C29H25Cl2N3O2S. The smallest absolute Gasteiger partial charge is 0.269 e. The van der Waals surface area contributed by atoms with Crippen molar-refractivity contribution in [3.63, 3.8) is 0 Å². The van der Waals surface area contributed by atoms with Crippen molar-refractivity contribution in [2.45, 2.75) is 37.9 Å². The predicted molar refractivity (Wildman–Crippen MR) is 152 cm³/mol. The van der Waals surface area contributed by atoms with Gasteiger partial charge < -0.3 is 5.32 Å². The van der Waals surface area contributed by atoms with Gasteiger partial charge in [0.05, 0.1) is 15.3 Å². The number of benzene rings is 3. The second-order valence-electron chi connectivity index (χ2n) is 8.58. The molecule has 1 aliphatic rings. The van der Waals surface area contributed by atoms with Crippen molar-refractivity contribution in [1.82, 2.24) is 0 Å². The molecule has 1 N–H and O–H groups in total. The second kappa shape index (κ2) is 12.3. The van der Waals surface area contributed by atoms with Crippen LogP contribution in [-0.2, 0) is 22.4 Å². The molecule has 188 valence electrons. The third-order valence-electron chi connectivity index (χ3n) is 5.99. The molecule has 1 aliphatic heterocycles. The number of hydrogen-bond acceptors (Lipinski definition) is 4. The summed E-state index contributed by atoms with van der Waals surface area (Å²) in [6.45, 7) is 2.14. The fourth-order valence-electron chi connectivity index (χ4n) is 4.03. The van der Waals surface area contributed by atoms with Crippen LogP contribution in [0.15, 0.2) is 83.4 Å². The highest BCUT2D eigenvalue weighted by molar-refractivity contribution is 8.05. The number of halogens is 2. The van der Waals surface area contributed by atoms with Gasteiger partial charge >= 0.3 is 0 Å². The van der Waals surface area contributed by atoms with E-state index < -0.39 is 11.2 Å². The van der Waals surface area contributed by atoms with Crippen molar-refractivity contribution in [1.29, 1.82) is 5.26 Å². The molecule has 2 amide bonds. The molecule has 3 aromatic carbocycles. The van der Waals surface area contributed by atoms with Crippen molar-refractivity contribution in [3.8, 4) is 6.07 Å². The van der Waals surface area contributed by atoms with E-state index in [1.807, 2.05) is 42.5 Å². The van der Waals surface area contributed by atoms with Crippen LogP contribution in [-0.4, -0.2) is 17.1 Å². The molecule has 0 aliphatic carbocycles. The van der Waals surface area contributed by atoms with Gasteiger partial charge in [-0.2, -0.15) is 5.26 Å². The molecule has 0 bridgehead atoms. The number of nitrogens with zero attached hydrogens (tertiary/aromatic N) is 2. The van der Waals surface area contributed by atoms with Crippen LogP contribution < -0.4 is 10.2 Å². The van der Waals surface area contributed by atoms with Gasteiger partial charge in [-0.1, -0.05) is 90.8 Å². The lowest BCUT2D eigenvalue weighted by molar-refractivity contribution is -0.117. The number of para-hydroxylation sites is 1. The Kier molecular flexibility index (Phi) is 8.94. The van der Waals surface area contributed by atoms with Crippen molar-refractivity contribution in [2.75, 3.05) is 10.2 Å². The number of anilines is 2. The average Bonchev–Trinajstić information content (AvgIpc) is 3.22. The Morgan fingerprint density at radius 3 is 2.46 bits per heavy atom. The number of hydrogen-bond donors (Lipinski definition) is 1. The van der Waals surface area contributed by atoms with Crippen LogP contribution in [0.1, 0.15) is 30.9 Å². The molecule has 1 saturated heterocycles. The first kappa shape index (κ1) is 26.8. The minimum atomic E-state index is -0.583. The summed E-state index contributed by atoms with van der Waals surface area (Å²) in [5.74, 6) is -0.801. The molecule has 0 radical (unpaired) electrons. The fourth-order valence-corrected chi connectivity index (χ4v) is 5.73. The third kappa shape index (κ3) is 6.19. The highest BCUT2D eigenvalue weighted by atomic mass is 35.5. The van der Waals surface area contributed by atoms with Gasteiger partial charge in [-0.25, -0.2) is 0 Å². The van der Waals surface area contributed by atoms with Gasteiger partial charge in [-0.3, -0.25) is 14.5 Å². The topological polar surface area (TPSA) is 73.2 Å². The summed E-state index contributed by atoms with van der Waals surface area (Å²) in [5.41, 5.74) is 2.95. The summed E-state index contributed by atoms with van der Waals surface area (Å²) in [7, 11) is 0. The Balaban J connectivity index is 1.65. The number of unbranched alkanes of at least 4 members (excludes halogenated alkanes) is 1. The largest absolute Gasteiger partial charge is 0.321 e. The number of aryl methyl sites for hydroxylation is 1. The van der Waals surface area contributed by atoms with E-state index >= 15 is 0 Å². The lowest BCUT2D eigenvalue weighted by Crippen LogP contribution is -2.31. The van der Waals surface area contributed by atoms with E-state index in [0.29, 0.717) is 32.9 Å². The SMILES string of the molecule is CCCCc1ccc(NC(=O)/C(C#N)=C2\SC(Cc3cccc(Cl)c3Cl)C(=O)N2c2ccccc2)cc1. The first-order valence-corrected chi connectivity index (χ1v) is 13.6. The van der Waals surface area contributed by atoms with Crippen molar-refractivity contribution in [2.24, 2.45) is 0 Å². The highest BCUT2D eigenvalue weighted by Crippen LogP contribution is 2.43. The molecule has 0 saturated carbocycles. The van der Waals surface area contributed by atoms with Gasteiger partial charge in [0, 0.05) is 11.4 Å². The number of carbonyl (C=O) groups is 2. The molecule has 1 heterocycles. The molecular weight excluding hydrogens is 525 g/mol. The van der Waals surface area contributed by atoms with Crippen LogP contribution in [0.2, 0.25) is 10.0 Å². The summed E-state index contributed by atoms with van der Waals surface area (Å²) in [4.78, 5) is 28.3. The minimum absolute atomic E-state index is 0.128. The van der Waals surface area contributed by atoms with Gasteiger partial charge in [-0.15, -0.1) is 0 Å². The Morgan fingerprint density at radius 1 is 1.05 bits per heavy atom. The summed E-state index contributed by atoms with van der Waals surface area (Å²) >= 11 is 13.7. The molecule has 1 unspecified atom stereocenters. The number of rotatable bonds is 8. The van der Waals surface area contributed by atoms with Gasteiger partial charge in [0.15, 0.2) is 0 Å². The summed E-state index contributed by atoms with van der Waals surface area (Å²) in [6.07, 6.45) is 3.48. The summed E-state index contributed by atoms with van der Waals surface area (Å²) in [6, 6.07) is 23.9. The second-order valence-corrected chi connectivity index (χ2v) is 10.6. The third-order valence-corrected chi connectivity index (χ3v) is 8.11. The van der Waals surface area contributed by atoms with Gasteiger partial charge in [-0.05, 0) is 60.7 Å². The molecule has 8 heteroatoms. The number of amides is 2. The number of nitrogens with one attached hydrogen (secondary N) is 1. The van der Waals surface area contributed by atoms with Gasteiger partial charge in [0.1, 0.15) is 16.7 Å². The zero-order valence-electron chi connectivity index (χ0n) is 20.2. The molecule has 37 heavy (non-hydrogen) atoms. The van der Waals surface area contributed by atoms with Crippen LogP contribution in [0.4, 0.5) is 11.4 Å². The molecule has 4 rings (SSSR count). The standard InChI is InChI=1S/C29H25Cl2N3O2S/c1-2-3-8-19-13-15-21(16-14-19)33-27(35)23(18-32)29-34(22-10-5-4-6-11-22)28(36)25(37-29)17-20-9-7-12-24(30)26(20)31/h4-7,9-16,25H,2-3,8,17H2,1H3,(H,33,35)/b29-23-. The maximum atomic E-state index is 13.6. The number of carbonyl (C=O) groups excluding carboxylic acids is 2. The van der Waals surface area contributed by atoms with E-state index in [4.69, 9.17) is 23.2 Å². The zero-order chi connectivity index (χ0) is 26.4. The molecule has 3 aromatic rings. The van der Waals surface area contributed by atoms with Gasteiger partial charge in [0.25, 0.3) is 5.91 Å². The number of nitriles is 1. The molecule has 1 atom stereocenters. The van der Waals surface area contributed by atoms with Crippen LogP contribution in [0.25, 0.3) is 0 Å². The van der Waals surface area contributed by atoms with Crippen LogP contribution >= 0.6 is 35.0 Å². The van der Waals surface area contributed by atoms with E-state index in [0.717, 1.165) is 24.8 Å². The Bertz CT molecular complexity index is 1370. The minimum Gasteiger partial charge on any atom is -0.321 e. The van der Waals surface area contributed by atoms with E-state index in [2.05, 4.69) is 12.2 Å². The zero-order valence-corrected chi connectivity index (χ0v) is 22.5. The Morgan fingerprint density at radius 2 is 1.78 bits per heavy atom. The molecule has 0 spiro atoms. The van der Waals surface area contributed by atoms with E-state index in [1.54, 1.807) is 36.4 Å². The lowest BCUT2D eigenvalue weighted by Gasteiger charge is -2.18. The lowest BCUT2D eigenvalue weighted by atomic mass is 10.1. The normalized spacial score (nSPS) is 16.4. The van der Waals surface area contributed by atoms with Crippen molar-refractivity contribution < 1.29 is 9.59 Å². The summed E-state index contributed by atoms with van der Waals surface area (Å²) < 4.78 is 0. The van der Waals surface area contributed by atoms with Crippen molar-refractivity contribution >= 4 is 58.2 Å². The maximum absolute atomic E-state index is 13.6. The first-order chi connectivity index (χ1) is 17.9. The maximum Gasteiger partial charge on any atom is 0.269 e. The molecule has 0 aromatic heterocycles. The first-order valence-electron chi connectivity index (χ1n) is 12.0. The van der Waals surface area contributed by atoms with E-state index in [1.165, 1.54) is 22.2 Å². The fraction of sp³-hybridized carbons (Fsp3) is 0.207. The van der Waals surface area contributed by atoms with Gasteiger partial charge in [0.2, 0.25) is 5.91 Å². The number of thioether (sulfide) groups is 1. The monoisotopic (exact) mass is 549 g/mol. The average molecular weight is 551 g/mol. The predicted octanol–water partition coefficient (Wildman–Crippen LogP) is 7.40. The molecule has 5 nitrogen and oxygen atoms in total. The Hall–Kier alpha value is -3.24. The van der Waals surface area contributed by atoms with E-state index in [-0.39, 0.29) is 11.5 Å². The quantitative estimate of drug-likeness (QED) is 0.234. The highest BCUT2D eigenvalue weighted by Gasteiger charge is 2.41. The van der Waals surface area contributed by atoms with Crippen LogP contribution in [0.3, 0.4) is 0 Å². The van der Waals surface area contributed by atoms with E-state index in [9.17, 15) is 14.9 Å².